The molecule has 0 unspecified atom stereocenters. The summed E-state index contributed by atoms with van der Waals surface area (Å²) >= 11 is 0. The highest BCUT2D eigenvalue weighted by Gasteiger charge is 2.18. The lowest BCUT2D eigenvalue weighted by molar-refractivity contribution is 0.224. The van der Waals surface area contributed by atoms with Gasteiger partial charge in [0, 0.05) is 37.9 Å². The van der Waals surface area contributed by atoms with Crippen LogP contribution in [-0.2, 0) is 13.2 Å². The number of nitrogens with zero attached hydrogens (tertiary/aromatic N) is 2. The van der Waals surface area contributed by atoms with E-state index in [0.29, 0.717) is 18.9 Å². The van der Waals surface area contributed by atoms with Crippen LogP contribution in [0.4, 0.5) is 10.1 Å². The van der Waals surface area contributed by atoms with Crippen LogP contribution in [0.15, 0.2) is 70.1 Å². The maximum atomic E-state index is 13.1. The number of ether oxygens (including phenoxy) is 1. The minimum atomic E-state index is -0.223. The molecule has 0 spiro atoms. The summed E-state index contributed by atoms with van der Waals surface area (Å²) in [7, 11) is 0. The quantitative estimate of drug-likeness (QED) is 0.617. The summed E-state index contributed by atoms with van der Waals surface area (Å²) in [6.07, 6.45) is 1.40. The summed E-state index contributed by atoms with van der Waals surface area (Å²) in [5.74, 6) is 0.622. The number of piperazine rings is 1. The summed E-state index contributed by atoms with van der Waals surface area (Å²) in [5, 5.41) is 0. The van der Waals surface area contributed by atoms with Gasteiger partial charge >= 0.3 is 0 Å². The summed E-state index contributed by atoms with van der Waals surface area (Å²) in [6, 6.07) is 16.1. The fraction of sp³-hybridized carbons (Fsp3) is 0.292. The first-order valence-electron chi connectivity index (χ1n) is 10.1. The van der Waals surface area contributed by atoms with E-state index in [2.05, 4.69) is 9.80 Å². The van der Waals surface area contributed by atoms with Gasteiger partial charge in [0.1, 0.15) is 24.4 Å². The molecule has 5 nitrogen and oxygen atoms in total. The fourth-order valence-corrected chi connectivity index (χ4v) is 3.51. The largest absolute Gasteiger partial charge is 0.482 e. The highest BCUT2D eigenvalue weighted by Crippen LogP contribution is 2.18. The number of benzene rings is 2. The van der Waals surface area contributed by atoms with Crippen LogP contribution in [0.3, 0.4) is 0 Å². The predicted octanol–water partition coefficient (Wildman–Crippen LogP) is 3.99. The van der Waals surface area contributed by atoms with Crippen molar-refractivity contribution in [2.45, 2.75) is 20.1 Å². The van der Waals surface area contributed by atoms with E-state index in [-0.39, 0.29) is 17.0 Å². The molecule has 6 heteroatoms. The van der Waals surface area contributed by atoms with Gasteiger partial charge in [-0.25, -0.2) is 4.39 Å². The molecule has 0 radical (unpaired) electrons. The van der Waals surface area contributed by atoms with Crippen molar-refractivity contribution < 1.29 is 13.5 Å². The highest BCUT2D eigenvalue weighted by atomic mass is 19.1. The Labute approximate surface area is 175 Å². The normalized spacial score (nSPS) is 14.7. The number of hydrogen-bond acceptors (Lipinski definition) is 5. The van der Waals surface area contributed by atoms with E-state index in [0.717, 1.165) is 37.4 Å². The van der Waals surface area contributed by atoms with Gasteiger partial charge in [0.15, 0.2) is 0 Å². The third-order valence-corrected chi connectivity index (χ3v) is 5.31. The van der Waals surface area contributed by atoms with Gasteiger partial charge in [-0.15, -0.1) is 0 Å². The minimum Gasteiger partial charge on any atom is -0.482 e. The van der Waals surface area contributed by atoms with E-state index in [9.17, 15) is 9.18 Å². The van der Waals surface area contributed by atoms with Gasteiger partial charge < -0.3 is 14.1 Å². The Hall–Kier alpha value is -3.12. The molecular weight excluding hydrogens is 383 g/mol. The van der Waals surface area contributed by atoms with Crippen molar-refractivity contribution in [3.05, 3.63) is 93.8 Å². The molecule has 30 heavy (non-hydrogen) atoms. The van der Waals surface area contributed by atoms with Gasteiger partial charge in [0.25, 0.3) is 0 Å². The number of halogens is 1. The molecule has 0 amide bonds. The van der Waals surface area contributed by atoms with Crippen molar-refractivity contribution >= 4 is 5.69 Å². The van der Waals surface area contributed by atoms with Crippen LogP contribution in [0.2, 0.25) is 0 Å². The fourth-order valence-electron chi connectivity index (χ4n) is 3.51. The summed E-state index contributed by atoms with van der Waals surface area (Å²) in [4.78, 5) is 16.9. The first-order valence-corrected chi connectivity index (χ1v) is 10.1. The molecule has 0 N–H and O–H groups in total. The topological polar surface area (TPSA) is 45.9 Å². The first kappa shape index (κ1) is 20.2. The lowest BCUT2D eigenvalue weighted by Crippen LogP contribution is -2.46. The molecule has 0 aliphatic carbocycles. The Morgan fingerprint density at radius 3 is 2.37 bits per heavy atom. The van der Waals surface area contributed by atoms with Crippen molar-refractivity contribution in [1.29, 1.82) is 0 Å². The van der Waals surface area contributed by atoms with Gasteiger partial charge in [-0.2, -0.15) is 0 Å². The van der Waals surface area contributed by atoms with Gasteiger partial charge in [0.2, 0.25) is 11.2 Å². The zero-order chi connectivity index (χ0) is 20.9. The SMILES string of the molecule is Cc1ccc(COc2coc(CN3CCN(c4ccc(F)cc4)CC3)cc2=O)cc1. The number of aryl methyl sites for hydroxylation is 1. The molecule has 1 aliphatic rings. The van der Waals surface area contributed by atoms with Crippen LogP contribution in [-0.4, -0.2) is 31.1 Å². The Morgan fingerprint density at radius 1 is 1.00 bits per heavy atom. The maximum absolute atomic E-state index is 13.1. The van der Waals surface area contributed by atoms with Crippen LogP contribution in [0, 0.1) is 12.7 Å². The van der Waals surface area contributed by atoms with Crippen LogP contribution >= 0.6 is 0 Å². The van der Waals surface area contributed by atoms with Crippen molar-refractivity contribution in [3.8, 4) is 5.75 Å². The van der Waals surface area contributed by atoms with Crippen molar-refractivity contribution in [3.63, 3.8) is 0 Å². The molecule has 0 atom stereocenters. The van der Waals surface area contributed by atoms with Crippen LogP contribution in [0.5, 0.6) is 5.75 Å². The standard InChI is InChI=1S/C24H25FN2O3/c1-18-2-4-19(5-3-18)16-30-24-17-29-22(14-23(24)28)15-26-10-12-27(13-11-26)21-8-6-20(25)7-9-21/h2-9,14,17H,10-13,15-16H2,1H3. The molecule has 1 aliphatic heterocycles. The Bertz CT molecular complexity index is 1020. The monoisotopic (exact) mass is 408 g/mol. The predicted molar refractivity (Wildman–Crippen MR) is 114 cm³/mol. The summed E-state index contributed by atoms with van der Waals surface area (Å²) in [6.45, 7) is 6.29. The lowest BCUT2D eigenvalue weighted by Gasteiger charge is -2.35. The zero-order valence-corrected chi connectivity index (χ0v) is 17.0. The van der Waals surface area contributed by atoms with Gasteiger partial charge in [-0.1, -0.05) is 29.8 Å². The molecule has 1 fully saturated rings. The maximum Gasteiger partial charge on any atom is 0.227 e. The number of anilines is 1. The average Bonchev–Trinajstić information content (AvgIpc) is 2.76. The van der Waals surface area contributed by atoms with Crippen molar-refractivity contribution in [1.82, 2.24) is 4.90 Å². The highest BCUT2D eigenvalue weighted by molar-refractivity contribution is 5.46. The van der Waals surface area contributed by atoms with E-state index in [4.69, 9.17) is 9.15 Å². The summed E-state index contributed by atoms with van der Waals surface area (Å²) in [5.41, 5.74) is 3.04. The molecule has 0 saturated carbocycles. The average molecular weight is 408 g/mol. The third kappa shape index (κ3) is 5.07. The van der Waals surface area contributed by atoms with E-state index in [1.54, 1.807) is 12.1 Å². The van der Waals surface area contributed by atoms with Gasteiger partial charge in [0.05, 0.1) is 6.54 Å². The van der Waals surface area contributed by atoms with E-state index in [1.807, 2.05) is 31.2 Å². The molecule has 3 aromatic rings. The number of rotatable bonds is 6. The van der Waals surface area contributed by atoms with Gasteiger partial charge in [-0.3, -0.25) is 9.69 Å². The van der Waals surface area contributed by atoms with E-state index < -0.39 is 0 Å². The smallest absolute Gasteiger partial charge is 0.227 e. The van der Waals surface area contributed by atoms with Crippen LogP contribution in [0.1, 0.15) is 16.9 Å². The molecule has 1 aromatic heterocycles. The lowest BCUT2D eigenvalue weighted by atomic mass is 10.2. The summed E-state index contributed by atoms with van der Waals surface area (Å²) < 4.78 is 24.4. The van der Waals surface area contributed by atoms with Crippen LogP contribution in [0.25, 0.3) is 0 Å². The van der Waals surface area contributed by atoms with Crippen LogP contribution < -0.4 is 15.1 Å². The van der Waals surface area contributed by atoms with E-state index >= 15 is 0 Å². The molecule has 4 rings (SSSR count). The molecule has 0 bridgehead atoms. The molecular formula is C24H25FN2O3. The Morgan fingerprint density at radius 2 is 1.70 bits per heavy atom. The van der Waals surface area contributed by atoms with Crippen molar-refractivity contribution in [2.75, 3.05) is 31.1 Å². The Balaban J connectivity index is 1.30. The second-order valence-electron chi connectivity index (χ2n) is 7.59. The number of hydrogen-bond donors (Lipinski definition) is 0. The molecule has 156 valence electrons. The molecule has 2 heterocycles. The van der Waals surface area contributed by atoms with Gasteiger partial charge in [-0.05, 0) is 36.8 Å². The molecule has 1 saturated heterocycles. The third-order valence-electron chi connectivity index (χ3n) is 5.31. The first-order chi connectivity index (χ1) is 14.6. The second-order valence-corrected chi connectivity index (χ2v) is 7.59. The zero-order valence-electron chi connectivity index (χ0n) is 17.0. The molecule has 2 aromatic carbocycles. The Kier molecular flexibility index (Phi) is 6.14. The minimum absolute atomic E-state index is 0.173. The second kappa shape index (κ2) is 9.13. The van der Waals surface area contributed by atoms with E-state index in [1.165, 1.54) is 30.0 Å². The van der Waals surface area contributed by atoms with Crippen molar-refractivity contribution in [2.24, 2.45) is 0 Å².